The fourth-order valence-electron chi connectivity index (χ4n) is 2.40. The van der Waals surface area contributed by atoms with Gasteiger partial charge in [0.25, 0.3) is 5.91 Å². The van der Waals surface area contributed by atoms with Crippen molar-refractivity contribution in [2.75, 3.05) is 0 Å². The quantitative estimate of drug-likeness (QED) is 0.892. The molecule has 1 atom stereocenters. The summed E-state index contributed by atoms with van der Waals surface area (Å²) in [4.78, 5) is 12.0. The average molecular weight is 328 g/mol. The normalized spacial score (nSPS) is 17.9. The molecule has 0 radical (unpaired) electrons. The molecule has 0 saturated carbocycles. The van der Waals surface area contributed by atoms with Crippen LogP contribution in [0, 0.1) is 0 Å². The van der Waals surface area contributed by atoms with Crippen LogP contribution in [0.1, 0.15) is 21.5 Å². The van der Waals surface area contributed by atoms with Gasteiger partial charge >= 0.3 is 0 Å². The lowest BCUT2D eigenvalue weighted by molar-refractivity contribution is 0.0934. The molecule has 3 heteroatoms. The SMILES string of the molecule is O=C1N[C@@H](/C=C/c2ccccc2Br)Cc2ccccc21. The minimum absolute atomic E-state index is 0.00799. The number of amides is 1. The topological polar surface area (TPSA) is 29.1 Å². The number of hydrogen-bond acceptors (Lipinski definition) is 1. The second-order valence-corrected chi connectivity index (χ2v) is 5.68. The lowest BCUT2D eigenvalue weighted by Crippen LogP contribution is -2.39. The molecule has 2 nitrogen and oxygen atoms in total. The maximum atomic E-state index is 12.0. The summed E-state index contributed by atoms with van der Waals surface area (Å²) in [5.74, 6) is 0.00799. The van der Waals surface area contributed by atoms with Crippen molar-refractivity contribution in [3.05, 3.63) is 75.8 Å². The second kappa shape index (κ2) is 5.63. The minimum atomic E-state index is 0.00799. The largest absolute Gasteiger partial charge is 0.345 e. The van der Waals surface area contributed by atoms with Gasteiger partial charge in [-0.15, -0.1) is 0 Å². The first-order valence-corrected chi connectivity index (χ1v) is 7.35. The molecule has 0 unspecified atom stereocenters. The second-order valence-electron chi connectivity index (χ2n) is 4.82. The van der Waals surface area contributed by atoms with Gasteiger partial charge in [0.1, 0.15) is 0 Å². The predicted octanol–water partition coefficient (Wildman–Crippen LogP) is 3.82. The van der Waals surface area contributed by atoms with Crippen LogP contribution in [0.4, 0.5) is 0 Å². The van der Waals surface area contributed by atoms with E-state index in [1.807, 2.05) is 60.7 Å². The van der Waals surface area contributed by atoms with Crippen molar-refractivity contribution in [2.45, 2.75) is 12.5 Å². The van der Waals surface area contributed by atoms with Crippen LogP contribution in [-0.2, 0) is 6.42 Å². The van der Waals surface area contributed by atoms with Gasteiger partial charge in [-0.05, 0) is 29.7 Å². The first kappa shape index (κ1) is 13.1. The van der Waals surface area contributed by atoms with Gasteiger partial charge in [-0.3, -0.25) is 4.79 Å². The van der Waals surface area contributed by atoms with E-state index >= 15 is 0 Å². The third-order valence-corrected chi connectivity index (χ3v) is 4.15. The molecule has 0 saturated heterocycles. The van der Waals surface area contributed by atoms with Crippen LogP contribution in [0.5, 0.6) is 0 Å². The summed E-state index contributed by atoms with van der Waals surface area (Å²) in [6.45, 7) is 0. The van der Waals surface area contributed by atoms with Crippen LogP contribution in [0.15, 0.2) is 59.1 Å². The maximum absolute atomic E-state index is 12.0. The van der Waals surface area contributed by atoms with Crippen LogP contribution in [0.3, 0.4) is 0 Å². The van der Waals surface area contributed by atoms with Crippen LogP contribution in [0.2, 0.25) is 0 Å². The van der Waals surface area contributed by atoms with Crippen LogP contribution >= 0.6 is 15.9 Å². The van der Waals surface area contributed by atoms with Crippen molar-refractivity contribution in [2.24, 2.45) is 0 Å². The summed E-state index contributed by atoms with van der Waals surface area (Å²) in [5, 5.41) is 3.02. The third kappa shape index (κ3) is 2.68. The fourth-order valence-corrected chi connectivity index (χ4v) is 2.82. The molecule has 1 N–H and O–H groups in total. The summed E-state index contributed by atoms with van der Waals surface area (Å²) >= 11 is 3.52. The molecular formula is C17H14BrNO. The number of fused-ring (bicyclic) bond motifs is 1. The molecule has 0 aromatic heterocycles. The molecule has 0 aliphatic carbocycles. The molecule has 0 fully saturated rings. The highest BCUT2D eigenvalue weighted by molar-refractivity contribution is 9.10. The smallest absolute Gasteiger partial charge is 0.252 e. The Labute approximate surface area is 126 Å². The Morgan fingerprint density at radius 2 is 1.85 bits per heavy atom. The molecule has 2 aromatic rings. The monoisotopic (exact) mass is 327 g/mol. The van der Waals surface area contributed by atoms with Gasteiger partial charge in [-0.25, -0.2) is 0 Å². The van der Waals surface area contributed by atoms with Crippen molar-refractivity contribution < 1.29 is 4.79 Å². The number of carbonyl (C=O) groups is 1. The van der Waals surface area contributed by atoms with E-state index in [0.717, 1.165) is 27.6 Å². The minimum Gasteiger partial charge on any atom is -0.345 e. The van der Waals surface area contributed by atoms with Crippen LogP contribution < -0.4 is 5.32 Å². The molecule has 2 aromatic carbocycles. The van der Waals surface area contributed by atoms with Gasteiger partial charge in [0.15, 0.2) is 0 Å². The molecule has 1 aliphatic rings. The van der Waals surface area contributed by atoms with Crippen molar-refractivity contribution in [1.82, 2.24) is 5.32 Å². The highest BCUT2D eigenvalue weighted by Gasteiger charge is 2.21. The summed E-state index contributed by atoms with van der Waals surface area (Å²) in [6.07, 6.45) is 4.93. The highest BCUT2D eigenvalue weighted by atomic mass is 79.9. The van der Waals surface area contributed by atoms with E-state index < -0.39 is 0 Å². The average Bonchev–Trinajstić information content (AvgIpc) is 2.46. The van der Waals surface area contributed by atoms with Crippen molar-refractivity contribution in [3.63, 3.8) is 0 Å². The Morgan fingerprint density at radius 1 is 1.10 bits per heavy atom. The molecule has 0 spiro atoms. The van der Waals surface area contributed by atoms with Crippen LogP contribution in [0.25, 0.3) is 6.08 Å². The molecule has 1 aliphatic heterocycles. The van der Waals surface area contributed by atoms with E-state index in [1.54, 1.807) is 0 Å². The Balaban J connectivity index is 1.81. The maximum Gasteiger partial charge on any atom is 0.252 e. The van der Waals surface area contributed by atoms with Gasteiger partial charge in [-0.1, -0.05) is 64.5 Å². The number of carbonyl (C=O) groups excluding carboxylic acids is 1. The Kier molecular flexibility index (Phi) is 3.70. The summed E-state index contributed by atoms with van der Waals surface area (Å²) in [6, 6.07) is 15.9. The van der Waals surface area contributed by atoms with E-state index in [4.69, 9.17) is 0 Å². The number of hydrogen-bond donors (Lipinski definition) is 1. The molecule has 20 heavy (non-hydrogen) atoms. The predicted molar refractivity (Wildman–Crippen MR) is 84.6 cm³/mol. The fraction of sp³-hybridized carbons (Fsp3) is 0.118. The molecule has 1 amide bonds. The standard InChI is InChI=1S/C17H14BrNO/c18-16-8-4-2-5-12(16)9-10-14-11-13-6-1-3-7-15(13)17(20)19-14/h1-10,14H,11H2,(H,19,20)/b10-9+/t14-/m0/s1. The van der Waals surface area contributed by atoms with E-state index in [2.05, 4.69) is 21.2 Å². The zero-order valence-corrected chi connectivity index (χ0v) is 12.4. The molecule has 3 rings (SSSR count). The number of rotatable bonds is 2. The number of halogens is 1. The highest BCUT2D eigenvalue weighted by Crippen LogP contribution is 2.20. The van der Waals surface area contributed by atoms with Crippen molar-refractivity contribution in [1.29, 1.82) is 0 Å². The first-order chi connectivity index (χ1) is 9.74. The van der Waals surface area contributed by atoms with E-state index in [1.165, 1.54) is 0 Å². The zero-order valence-electron chi connectivity index (χ0n) is 10.8. The number of benzene rings is 2. The van der Waals surface area contributed by atoms with E-state index in [9.17, 15) is 4.79 Å². The van der Waals surface area contributed by atoms with Gasteiger partial charge in [0.05, 0.1) is 6.04 Å². The van der Waals surface area contributed by atoms with Gasteiger partial charge in [0, 0.05) is 10.0 Å². The first-order valence-electron chi connectivity index (χ1n) is 6.55. The molecular weight excluding hydrogens is 314 g/mol. The third-order valence-electron chi connectivity index (χ3n) is 3.43. The van der Waals surface area contributed by atoms with Crippen molar-refractivity contribution in [3.8, 4) is 0 Å². The molecule has 0 bridgehead atoms. The van der Waals surface area contributed by atoms with Crippen LogP contribution in [-0.4, -0.2) is 11.9 Å². The Hall–Kier alpha value is -1.87. The van der Waals surface area contributed by atoms with Crippen molar-refractivity contribution >= 4 is 27.9 Å². The van der Waals surface area contributed by atoms with Gasteiger partial charge in [0.2, 0.25) is 0 Å². The number of nitrogens with one attached hydrogen (secondary N) is 1. The summed E-state index contributed by atoms with van der Waals surface area (Å²) in [7, 11) is 0. The Morgan fingerprint density at radius 3 is 2.70 bits per heavy atom. The zero-order chi connectivity index (χ0) is 13.9. The molecule has 100 valence electrons. The lowest BCUT2D eigenvalue weighted by Gasteiger charge is -2.23. The molecule has 1 heterocycles. The van der Waals surface area contributed by atoms with E-state index in [0.29, 0.717) is 0 Å². The van der Waals surface area contributed by atoms with Gasteiger partial charge < -0.3 is 5.32 Å². The lowest BCUT2D eigenvalue weighted by atomic mass is 9.95. The summed E-state index contributed by atoms with van der Waals surface area (Å²) < 4.78 is 1.05. The Bertz CT molecular complexity index is 678. The van der Waals surface area contributed by atoms with E-state index in [-0.39, 0.29) is 11.9 Å². The summed E-state index contributed by atoms with van der Waals surface area (Å²) in [5.41, 5.74) is 3.01. The van der Waals surface area contributed by atoms with Gasteiger partial charge in [-0.2, -0.15) is 0 Å².